The molecule has 0 saturated carbocycles. The Kier molecular flexibility index (Phi) is 3.03. The van der Waals surface area contributed by atoms with E-state index in [2.05, 4.69) is 0 Å². The van der Waals surface area contributed by atoms with Crippen LogP contribution in [0.15, 0.2) is 54.6 Å². The summed E-state index contributed by atoms with van der Waals surface area (Å²) in [5.41, 5.74) is 1.25. The third-order valence-corrected chi connectivity index (χ3v) is 6.10. The number of benzene rings is 2. The maximum atomic E-state index is 12.6. The third kappa shape index (κ3) is 2.92. The summed E-state index contributed by atoms with van der Waals surface area (Å²) in [6.07, 6.45) is 3.51. The molecule has 0 unspecified atom stereocenters. The zero-order valence-electron chi connectivity index (χ0n) is 21.8. The summed E-state index contributed by atoms with van der Waals surface area (Å²) in [5, 5.41) is 0. The van der Waals surface area contributed by atoms with Crippen molar-refractivity contribution in [2.75, 3.05) is 20.6 Å². The molecule has 1 spiro atoms. The summed E-state index contributed by atoms with van der Waals surface area (Å²) >= 11 is 0. The normalized spacial score (nSPS) is 31.3. The minimum absolute atomic E-state index is 0.0890. The smallest absolute Gasteiger partial charge is 0.338 e. The summed E-state index contributed by atoms with van der Waals surface area (Å²) in [4.78, 5) is 14.0. The number of rotatable bonds is 3. The summed E-state index contributed by atoms with van der Waals surface area (Å²) in [5.74, 6) is -0.0462. The standard InChI is InChI=1S/C24H25NO4/c1-25-13-12-24-11-10-18(28-23(26)16-6-4-3-5-7-16)14-20(24)29-22-19(27-2)9-8-17(15-25)21(22)24/h3-11,18,20H,12-15H2,1-2H3/t18-,20-,24-/m0/s1/i1D3,2D3. The summed E-state index contributed by atoms with van der Waals surface area (Å²) in [7, 11) is -2.67. The summed E-state index contributed by atoms with van der Waals surface area (Å²) in [6.45, 7) is -1.82. The van der Waals surface area contributed by atoms with Crippen LogP contribution in [-0.2, 0) is 16.7 Å². The molecule has 2 heterocycles. The molecule has 0 aromatic heterocycles. The van der Waals surface area contributed by atoms with Gasteiger partial charge in [0.25, 0.3) is 0 Å². The molecule has 5 nitrogen and oxygen atoms in total. The summed E-state index contributed by atoms with van der Waals surface area (Å²) < 4.78 is 63.7. The van der Waals surface area contributed by atoms with Gasteiger partial charge in [-0.15, -0.1) is 0 Å². The molecule has 2 aromatic carbocycles. The molecule has 3 atom stereocenters. The Morgan fingerprint density at radius 2 is 2.17 bits per heavy atom. The van der Waals surface area contributed by atoms with Crippen LogP contribution in [0.2, 0.25) is 0 Å². The lowest BCUT2D eigenvalue weighted by Gasteiger charge is -2.36. The topological polar surface area (TPSA) is 48.0 Å². The lowest BCUT2D eigenvalue weighted by atomic mass is 9.69. The van der Waals surface area contributed by atoms with Crippen molar-refractivity contribution in [2.45, 2.75) is 37.0 Å². The monoisotopic (exact) mass is 397 g/mol. The van der Waals surface area contributed by atoms with Crippen LogP contribution in [0, 0.1) is 0 Å². The first kappa shape index (κ1) is 12.7. The highest BCUT2D eigenvalue weighted by Crippen LogP contribution is 2.55. The maximum Gasteiger partial charge on any atom is 0.338 e. The van der Waals surface area contributed by atoms with E-state index in [4.69, 9.17) is 22.4 Å². The number of hydrogen-bond donors (Lipinski definition) is 0. The van der Waals surface area contributed by atoms with Crippen molar-refractivity contribution < 1.29 is 27.2 Å². The van der Waals surface area contributed by atoms with E-state index in [1.807, 2.05) is 18.2 Å². The largest absolute Gasteiger partial charge is 0.493 e. The molecular weight excluding hydrogens is 366 g/mol. The number of carbonyl (C=O) groups is 1. The molecule has 29 heavy (non-hydrogen) atoms. The molecule has 0 radical (unpaired) electrons. The number of ether oxygens (including phenoxy) is 3. The van der Waals surface area contributed by atoms with Gasteiger partial charge in [-0.1, -0.05) is 30.3 Å². The molecule has 5 rings (SSSR count). The van der Waals surface area contributed by atoms with Crippen LogP contribution in [0.4, 0.5) is 0 Å². The van der Waals surface area contributed by atoms with Crippen molar-refractivity contribution in [3.63, 3.8) is 0 Å². The fraction of sp³-hybridized carbons (Fsp3) is 0.375. The van der Waals surface area contributed by atoms with Crippen molar-refractivity contribution in [1.82, 2.24) is 4.90 Å². The van der Waals surface area contributed by atoms with E-state index < -0.39 is 37.6 Å². The molecule has 0 amide bonds. The van der Waals surface area contributed by atoms with Crippen LogP contribution in [0.1, 0.15) is 42.6 Å². The molecule has 0 N–H and O–H groups in total. The molecule has 0 saturated heterocycles. The first-order chi connectivity index (χ1) is 16.5. The van der Waals surface area contributed by atoms with Gasteiger partial charge in [-0.2, -0.15) is 0 Å². The Morgan fingerprint density at radius 1 is 1.28 bits per heavy atom. The van der Waals surface area contributed by atoms with E-state index >= 15 is 0 Å². The average molecular weight is 398 g/mol. The second-order valence-corrected chi connectivity index (χ2v) is 7.75. The van der Waals surface area contributed by atoms with Gasteiger partial charge in [-0.05, 0) is 49.8 Å². The molecule has 5 heteroatoms. The van der Waals surface area contributed by atoms with Gasteiger partial charge in [0.15, 0.2) is 11.5 Å². The average Bonchev–Trinajstić information content (AvgIpc) is 3.01. The molecule has 2 aromatic rings. The molecular formula is C24H25NO4. The number of methoxy groups -OCH3 is 1. The van der Waals surface area contributed by atoms with Crippen molar-refractivity contribution >= 4 is 5.97 Å². The Morgan fingerprint density at radius 3 is 3.00 bits per heavy atom. The first-order valence-electron chi connectivity index (χ1n) is 12.7. The number of carbonyl (C=O) groups excluding carboxylic acids is 1. The highest BCUT2D eigenvalue weighted by Gasteiger charge is 2.53. The Hall–Kier alpha value is -2.79. The van der Waals surface area contributed by atoms with Crippen molar-refractivity contribution in [3.05, 3.63) is 71.3 Å². The lowest BCUT2D eigenvalue weighted by molar-refractivity contribution is 0.0218. The minimum atomic E-state index is -2.67. The van der Waals surface area contributed by atoms with Gasteiger partial charge in [0, 0.05) is 22.6 Å². The molecule has 1 aliphatic carbocycles. The molecule has 0 fully saturated rings. The van der Waals surface area contributed by atoms with Crippen molar-refractivity contribution in [3.8, 4) is 11.5 Å². The number of esters is 1. The van der Waals surface area contributed by atoms with Gasteiger partial charge in [-0.3, -0.25) is 0 Å². The van der Waals surface area contributed by atoms with Crippen LogP contribution in [0.25, 0.3) is 0 Å². The fourth-order valence-electron chi connectivity index (χ4n) is 4.71. The lowest BCUT2D eigenvalue weighted by Crippen LogP contribution is -2.43. The first-order valence-corrected chi connectivity index (χ1v) is 9.69. The Balaban J connectivity index is 1.51. The van der Waals surface area contributed by atoms with Gasteiger partial charge >= 0.3 is 5.97 Å². The van der Waals surface area contributed by atoms with Gasteiger partial charge in [0.2, 0.25) is 0 Å². The number of hydrogen-bond acceptors (Lipinski definition) is 5. The Labute approximate surface area is 179 Å². The second kappa shape index (κ2) is 6.92. The van der Waals surface area contributed by atoms with Crippen molar-refractivity contribution in [1.29, 1.82) is 0 Å². The van der Waals surface area contributed by atoms with Crippen molar-refractivity contribution in [2.24, 2.45) is 0 Å². The molecule has 2 aliphatic heterocycles. The minimum Gasteiger partial charge on any atom is -0.493 e. The van der Waals surface area contributed by atoms with E-state index in [1.54, 1.807) is 30.3 Å². The second-order valence-electron chi connectivity index (χ2n) is 7.75. The highest BCUT2D eigenvalue weighted by molar-refractivity contribution is 5.89. The van der Waals surface area contributed by atoms with Gasteiger partial charge in [0.1, 0.15) is 12.2 Å². The predicted molar refractivity (Wildman–Crippen MR) is 109 cm³/mol. The van der Waals surface area contributed by atoms with Gasteiger partial charge < -0.3 is 19.1 Å². The zero-order valence-corrected chi connectivity index (χ0v) is 15.8. The zero-order chi connectivity index (χ0) is 25.0. The van der Waals surface area contributed by atoms with Crippen LogP contribution >= 0.6 is 0 Å². The molecule has 0 bridgehead atoms. The van der Waals surface area contributed by atoms with E-state index in [9.17, 15) is 4.79 Å². The van der Waals surface area contributed by atoms with E-state index in [0.717, 1.165) is 11.1 Å². The molecule has 150 valence electrons. The van der Waals surface area contributed by atoms with E-state index in [0.29, 0.717) is 30.7 Å². The summed E-state index contributed by atoms with van der Waals surface area (Å²) in [6, 6.07) is 11.9. The highest BCUT2D eigenvalue weighted by atomic mass is 16.6. The van der Waals surface area contributed by atoms with E-state index in [1.165, 1.54) is 11.0 Å². The third-order valence-electron chi connectivity index (χ3n) is 6.10. The van der Waals surface area contributed by atoms with Crippen LogP contribution in [0.3, 0.4) is 0 Å². The quantitative estimate of drug-likeness (QED) is 0.584. The Bertz CT molecular complexity index is 1160. The van der Waals surface area contributed by atoms with Crippen LogP contribution in [0.5, 0.6) is 11.5 Å². The fourth-order valence-corrected chi connectivity index (χ4v) is 4.71. The van der Waals surface area contributed by atoms with E-state index in [-0.39, 0.29) is 12.3 Å². The number of nitrogens with zero attached hydrogens (tertiary/aromatic N) is 1. The SMILES string of the molecule is [2H]C([2H])([2H])Oc1ccc2c3c1O[C@H]1C[C@@H](OC(=O)c4ccccc4)C=C[C@@]31CCN(C([2H])([2H])[2H])C2. The molecule has 3 aliphatic rings. The van der Waals surface area contributed by atoms with Gasteiger partial charge in [-0.25, -0.2) is 4.79 Å². The van der Waals surface area contributed by atoms with Crippen LogP contribution in [-0.4, -0.2) is 43.6 Å². The predicted octanol–water partition coefficient (Wildman–Crippen LogP) is 3.72. The maximum absolute atomic E-state index is 12.6. The van der Waals surface area contributed by atoms with Crippen LogP contribution < -0.4 is 9.47 Å². The van der Waals surface area contributed by atoms with Gasteiger partial charge in [0.05, 0.1) is 22.1 Å².